The molecule has 1 rings (SSSR count). The van der Waals surface area contributed by atoms with Gasteiger partial charge in [0.1, 0.15) is 0 Å². The lowest BCUT2D eigenvalue weighted by atomic mass is 10.1. The van der Waals surface area contributed by atoms with Crippen LogP contribution < -0.4 is 5.48 Å². The van der Waals surface area contributed by atoms with Crippen molar-refractivity contribution in [3.8, 4) is 0 Å². The van der Waals surface area contributed by atoms with Gasteiger partial charge >= 0.3 is 0 Å². The van der Waals surface area contributed by atoms with Crippen LogP contribution in [0.5, 0.6) is 0 Å². The summed E-state index contributed by atoms with van der Waals surface area (Å²) in [6.45, 7) is 2.57. The number of benzene rings is 1. The van der Waals surface area contributed by atoms with Gasteiger partial charge in [-0.25, -0.2) is 0 Å². The number of nitro benzene ring substituents is 1. The molecule has 0 saturated carbocycles. The van der Waals surface area contributed by atoms with Gasteiger partial charge in [-0.05, 0) is 24.6 Å². The first-order valence-electron chi connectivity index (χ1n) is 4.92. The minimum atomic E-state index is -0.743. The van der Waals surface area contributed by atoms with Gasteiger partial charge in [0, 0.05) is 12.1 Å². The number of rotatable bonds is 6. The Balaban J connectivity index is 2.56. The number of hydrogen-bond acceptors (Lipinski definition) is 5. The fraction of sp³-hybridized carbons (Fsp3) is 0.400. The molecule has 0 aromatic heterocycles. The summed E-state index contributed by atoms with van der Waals surface area (Å²) in [5, 5.41) is 20.1. The fourth-order valence-electron chi connectivity index (χ4n) is 1.18. The second-order valence-electron chi connectivity index (χ2n) is 3.15. The predicted molar refractivity (Wildman–Crippen MR) is 57.7 cm³/mol. The van der Waals surface area contributed by atoms with Crippen LogP contribution >= 0.6 is 0 Å². The van der Waals surface area contributed by atoms with Crippen LogP contribution in [-0.4, -0.2) is 23.2 Å². The third-order valence-corrected chi connectivity index (χ3v) is 2.01. The lowest BCUT2D eigenvalue weighted by Crippen LogP contribution is -2.21. The highest BCUT2D eigenvalue weighted by molar-refractivity contribution is 5.33. The molecule has 1 unspecified atom stereocenters. The number of nitrogens with zero attached hydrogens (tertiary/aromatic N) is 1. The molecule has 0 saturated heterocycles. The lowest BCUT2D eigenvalue weighted by molar-refractivity contribution is -0.384. The first kappa shape index (κ1) is 12.6. The zero-order valence-electron chi connectivity index (χ0n) is 8.92. The molecule has 0 fully saturated rings. The molecule has 1 aromatic carbocycles. The van der Waals surface area contributed by atoms with Crippen molar-refractivity contribution in [1.82, 2.24) is 5.48 Å². The van der Waals surface area contributed by atoms with Crippen molar-refractivity contribution < 1.29 is 14.9 Å². The smallest absolute Gasteiger partial charge is 0.269 e. The highest BCUT2D eigenvalue weighted by Crippen LogP contribution is 2.17. The third-order valence-electron chi connectivity index (χ3n) is 2.01. The molecule has 0 amide bonds. The molecule has 0 spiro atoms. The number of aliphatic hydroxyl groups excluding tert-OH is 1. The second-order valence-corrected chi connectivity index (χ2v) is 3.15. The lowest BCUT2D eigenvalue weighted by Gasteiger charge is -2.11. The molecule has 6 heteroatoms. The summed E-state index contributed by atoms with van der Waals surface area (Å²) >= 11 is 0. The monoisotopic (exact) mass is 226 g/mol. The number of non-ortho nitro benzene ring substituents is 1. The largest absolute Gasteiger partial charge is 0.387 e. The summed E-state index contributed by atoms with van der Waals surface area (Å²) in [4.78, 5) is 14.8. The molecule has 0 heterocycles. The van der Waals surface area contributed by atoms with Gasteiger partial charge in [0.05, 0.1) is 24.2 Å². The maximum atomic E-state index is 10.4. The van der Waals surface area contributed by atoms with E-state index in [2.05, 4.69) is 5.48 Å². The maximum Gasteiger partial charge on any atom is 0.269 e. The van der Waals surface area contributed by atoms with Crippen LogP contribution in [0, 0.1) is 10.1 Å². The van der Waals surface area contributed by atoms with E-state index in [1.54, 1.807) is 0 Å². The molecule has 16 heavy (non-hydrogen) atoms. The topological polar surface area (TPSA) is 84.6 Å². The quantitative estimate of drug-likeness (QED) is 0.432. The van der Waals surface area contributed by atoms with Crippen molar-refractivity contribution in [2.24, 2.45) is 0 Å². The summed E-state index contributed by atoms with van der Waals surface area (Å²) in [6.07, 6.45) is -0.743. The fourth-order valence-corrected chi connectivity index (χ4v) is 1.18. The Hall–Kier alpha value is -1.50. The van der Waals surface area contributed by atoms with Crippen LogP contribution in [0.1, 0.15) is 18.6 Å². The average Bonchev–Trinajstić information content (AvgIpc) is 2.29. The van der Waals surface area contributed by atoms with Gasteiger partial charge in [0.2, 0.25) is 0 Å². The molecule has 0 aliphatic rings. The van der Waals surface area contributed by atoms with Crippen molar-refractivity contribution in [3.05, 3.63) is 39.9 Å². The molecule has 6 nitrogen and oxygen atoms in total. The molecular weight excluding hydrogens is 212 g/mol. The van der Waals surface area contributed by atoms with Crippen LogP contribution in [0.25, 0.3) is 0 Å². The highest BCUT2D eigenvalue weighted by atomic mass is 16.6. The second kappa shape index (κ2) is 6.16. The van der Waals surface area contributed by atoms with Gasteiger partial charge in [-0.3, -0.25) is 10.1 Å². The summed E-state index contributed by atoms with van der Waals surface area (Å²) in [5.41, 5.74) is 3.20. The van der Waals surface area contributed by atoms with Crippen LogP contribution in [-0.2, 0) is 4.84 Å². The average molecular weight is 226 g/mol. The first-order chi connectivity index (χ1) is 7.65. The van der Waals surface area contributed by atoms with Gasteiger partial charge in [-0.1, -0.05) is 0 Å². The number of nitrogens with one attached hydrogen (secondary N) is 1. The maximum absolute atomic E-state index is 10.4. The summed E-state index contributed by atoms with van der Waals surface area (Å²) in [6, 6.07) is 5.77. The summed E-state index contributed by atoms with van der Waals surface area (Å²) in [7, 11) is 0. The van der Waals surface area contributed by atoms with Gasteiger partial charge in [-0.2, -0.15) is 5.48 Å². The van der Waals surface area contributed by atoms with Gasteiger partial charge in [-0.15, -0.1) is 0 Å². The SMILES string of the molecule is CCONCC(O)c1ccc([N+](=O)[O-])cc1. The zero-order valence-corrected chi connectivity index (χ0v) is 8.92. The Bertz CT molecular complexity index is 339. The van der Waals surface area contributed by atoms with Crippen molar-refractivity contribution in [2.75, 3.05) is 13.2 Å². The van der Waals surface area contributed by atoms with Gasteiger partial charge in [0.25, 0.3) is 5.69 Å². The van der Waals surface area contributed by atoms with E-state index in [1.807, 2.05) is 6.92 Å². The highest BCUT2D eigenvalue weighted by Gasteiger charge is 2.09. The van der Waals surface area contributed by atoms with Crippen LogP contribution in [0.2, 0.25) is 0 Å². The molecule has 0 radical (unpaired) electrons. The van der Waals surface area contributed by atoms with Crippen molar-refractivity contribution in [1.29, 1.82) is 0 Å². The minimum absolute atomic E-state index is 0.00807. The third kappa shape index (κ3) is 3.58. The molecule has 1 aromatic rings. The van der Waals surface area contributed by atoms with E-state index in [4.69, 9.17) is 4.84 Å². The molecule has 1 atom stereocenters. The Kier molecular flexibility index (Phi) is 4.84. The number of nitro groups is 1. The molecule has 0 aliphatic heterocycles. The summed E-state index contributed by atoms with van der Waals surface area (Å²) < 4.78 is 0. The molecule has 88 valence electrons. The van der Waals surface area contributed by atoms with E-state index in [9.17, 15) is 15.2 Å². The van der Waals surface area contributed by atoms with E-state index >= 15 is 0 Å². The Morgan fingerprint density at radius 2 is 2.12 bits per heavy atom. The predicted octanol–water partition coefficient (Wildman–Crippen LogP) is 1.17. The normalized spacial score (nSPS) is 12.4. The number of hydroxylamine groups is 1. The Morgan fingerprint density at radius 1 is 1.50 bits per heavy atom. The van der Waals surface area contributed by atoms with E-state index in [0.717, 1.165) is 0 Å². The van der Waals surface area contributed by atoms with Crippen molar-refractivity contribution in [3.63, 3.8) is 0 Å². The van der Waals surface area contributed by atoms with E-state index in [-0.39, 0.29) is 12.2 Å². The Morgan fingerprint density at radius 3 is 2.62 bits per heavy atom. The first-order valence-corrected chi connectivity index (χ1v) is 4.92. The van der Waals surface area contributed by atoms with E-state index < -0.39 is 11.0 Å². The molecule has 0 bridgehead atoms. The standard InChI is InChI=1S/C10H14N2O4/c1-2-16-11-7-10(13)8-3-5-9(6-4-8)12(14)15/h3-6,10-11,13H,2,7H2,1H3. The van der Waals surface area contributed by atoms with Gasteiger partial charge < -0.3 is 9.94 Å². The van der Waals surface area contributed by atoms with Crippen molar-refractivity contribution in [2.45, 2.75) is 13.0 Å². The number of aliphatic hydroxyl groups is 1. The van der Waals surface area contributed by atoms with Gasteiger partial charge in [0.15, 0.2) is 0 Å². The minimum Gasteiger partial charge on any atom is -0.387 e. The van der Waals surface area contributed by atoms with Crippen LogP contribution in [0.15, 0.2) is 24.3 Å². The zero-order chi connectivity index (χ0) is 12.0. The van der Waals surface area contributed by atoms with E-state index in [0.29, 0.717) is 12.2 Å². The van der Waals surface area contributed by atoms with Crippen LogP contribution in [0.3, 0.4) is 0 Å². The molecule has 2 N–H and O–H groups in total. The Labute approximate surface area is 93.0 Å². The molecular formula is C10H14N2O4. The van der Waals surface area contributed by atoms with E-state index in [1.165, 1.54) is 24.3 Å². The van der Waals surface area contributed by atoms with Crippen LogP contribution in [0.4, 0.5) is 5.69 Å². The molecule has 0 aliphatic carbocycles. The number of hydrogen-bond donors (Lipinski definition) is 2. The van der Waals surface area contributed by atoms with Crippen molar-refractivity contribution >= 4 is 5.69 Å². The summed E-state index contributed by atoms with van der Waals surface area (Å²) in [5.74, 6) is 0.